The first-order valence-electron chi connectivity index (χ1n) is 6.75. The first kappa shape index (κ1) is 13.5. The van der Waals surface area contributed by atoms with Crippen molar-refractivity contribution in [1.82, 2.24) is 14.5 Å². The van der Waals surface area contributed by atoms with Crippen LogP contribution in [0.25, 0.3) is 0 Å². The van der Waals surface area contributed by atoms with E-state index in [1.807, 2.05) is 12.4 Å². The summed E-state index contributed by atoms with van der Waals surface area (Å²) in [6.45, 7) is 5.72. The van der Waals surface area contributed by atoms with Crippen LogP contribution in [0.3, 0.4) is 0 Å². The molecular formula is C13H24N4O. The minimum absolute atomic E-state index is 0.362. The van der Waals surface area contributed by atoms with Gasteiger partial charge in [0.1, 0.15) is 5.82 Å². The summed E-state index contributed by atoms with van der Waals surface area (Å²) < 4.78 is 7.64. The second-order valence-corrected chi connectivity index (χ2v) is 4.87. The molecule has 1 saturated heterocycles. The minimum atomic E-state index is 0.362. The minimum Gasteiger partial charge on any atom is -0.381 e. The Morgan fingerprint density at radius 2 is 2.39 bits per heavy atom. The lowest BCUT2D eigenvalue weighted by Crippen LogP contribution is -2.48. The van der Waals surface area contributed by atoms with Gasteiger partial charge in [0.2, 0.25) is 0 Å². The molecule has 0 aliphatic carbocycles. The number of ether oxygens (including phenoxy) is 1. The second-order valence-electron chi connectivity index (χ2n) is 4.87. The van der Waals surface area contributed by atoms with Crippen LogP contribution < -0.4 is 5.73 Å². The Kier molecular flexibility index (Phi) is 4.74. The predicted molar refractivity (Wildman–Crippen MR) is 71.2 cm³/mol. The number of imidazole rings is 1. The average Bonchev–Trinajstić information content (AvgIpc) is 2.86. The molecule has 2 heterocycles. The van der Waals surface area contributed by atoms with Crippen LogP contribution in [0, 0.1) is 0 Å². The zero-order chi connectivity index (χ0) is 13.0. The molecule has 2 unspecified atom stereocenters. The number of hydrogen-bond acceptors (Lipinski definition) is 4. The molecule has 1 aromatic heterocycles. The van der Waals surface area contributed by atoms with E-state index in [9.17, 15) is 0 Å². The van der Waals surface area contributed by atoms with Crippen molar-refractivity contribution in [2.24, 2.45) is 5.73 Å². The normalized spacial score (nSPS) is 25.5. The number of nitrogens with zero attached hydrogens (tertiary/aromatic N) is 3. The number of piperidine rings is 1. The van der Waals surface area contributed by atoms with Crippen LogP contribution in [0.1, 0.15) is 25.6 Å². The summed E-state index contributed by atoms with van der Waals surface area (Å²) in [7, 11) is 1.79. The van der Waals surface area contributed by atoms with Crippen molar-refractivity contribution in [2.45, 2.75) is 45.0 Å². The molecule has 2 atom stereocenters. The maximum Gasteiger partial charge on any atom is 0.122 e. The highest BCUT2D eigenvalue weighted by molar-refractivity contribution is 4.94. The number of likely N-dealkylation sites (tertiary alicyclic amines) is 1. The third kappa shape index (κ3) is 2.91. The Hall–Kier alpha value is -0.910. The van der Waals surface area contributed by atoms with E-state index in [1.165, 1.54) is 0 Å². The molecule has 5 nitrogen and oxygen atoms in total. The highest BCUT2D eigenvalue weighted by Gasteiger charge is 2.28. The predicted octanol–water partition coefficient (Wildman–Crippen LogP) is 0.841. The van der Waals surface area contributed by atoms with Gasteiger partial charge in [-0.15, -0.1) is 0 Å². The molecule has 0 radical (unpaired) electrons. The third-order valence-electron chi connectivity index (χ3n) is 3.88. The van der Waals surface area contributed by atoms with E-state index >= 15 is 0 Å². The quantitative estimate of drug-likeness (QED) is 0.844. The van der Waals surface area contributed by atoms with Gasteiger partial charge >= 0.3 is 0 Å². The van der Waals surface area contributed by atoms with Crippen molar-refractivity contribution in [2.75, 3.05) is 20.2 Å². The second kappa shape index (κ2) is 6.31. The topological polar surface area (TPSA) is 56.3 Å². The zero-order valence-corrected chi connectivity index (χ0v) is 11.4. The molecule has 1 aliphatic heterocycles. The molecule has 5 heteroatoms. The largest absolute Gasteiger partial charge is 0.381 e. The number of rotatable bonds is 5. The molecule has 1 fully saturated rings. The lowest BCUT2D eigenvalue weighted by atomic mass is 9.99. The van der Waals surface area contributed by atoms with Crippen molar-refractivity contribution in [3.8, 4) is 0 Å². The van der Waals surface area contributed by atoms with Crippen LogP contribution >= 0.6 is 0 Å². The fourth-order valence-electron chi connectivity index (χ4n) is 2.69. The van der Waals surface area contributed by atoms with E-state index in [0.29, 0.717) is 18.7 Å². The van der Waals surface area contributed by atoms with Crippen LogP contribution in [0.2, 0.25) is 0 Å². The van der Waals surface area contributed by atoms with Crippen molar-refractivity contribution in [3.63, 3.8) is 0 Å². The maximum atomic E-state index is 5.89. The molecule has 1 aromatic rings. The Morgan fingerprint density at radius 1 is 1.56 bits per heavy atom. The molecule has 0 aromatic carbocycles. The smallest absolute Gasteiger partial charge is 0.122 e. The first-order chi connectivity index (χ1) is 8.78. The first-order valence-corrected chi connectivity index (χ1v) is 6.75. The Bertz CT molecular complexity index is 366. The molecule has 0 saturated carbocycles. The number of aryl methyl sites for hydroxylation is 1. The molecule has 0 spiro atoms. The van der Waals surface area contributed by atoms with E-state index in [4.69, 9.17) is 10.5 Å². The Morgan fingerprint density at radius 3 is 3.06 bits per heavy atom. The van der Waals surface area contributed by atoms with Crippen molar-refractivity contribution in [3.05, 3.63) is 18.2 Å². The van der Waals surface area contributed by atoms with Crippen LogP contribution in [-0.2, 0) is 17.8 Å². The third-order valence-corrected chi connectivity index (χ3v) is 3.88. The van der Waals surface area contributed by atoms with Gasteiger partial charge in [-0.1, -0.05) is 0 Å². The summed E-state index contributed by atoms with van der Waals surface area (Å²) in [5.74, 6) is 1.13. The van der Waals surface area contributed by atoms with Gasteiger partial charge < -0.3 is 15.0 Å². The fourth-order valence-corrected chi connectivity index (χ4v) is 2.69. The van der Waals surface area contributed by atoms with E-state index in [1.54, 1.807) is 7.11 Å². The average molecular weight is 252 g/mol. The van der Waals surface area contributed by atoms with E-state index < -0.39 is 0 Å². The van der Waals surface area contributed by atoms with E-state index in [2.05, 4.69) is 21.4 Å². The Labute approximate surface area is 109 Å². The number of methoxy groups -OCH3 is 1. The molecule has 102 valence electrons. The van der Waals surface area contributed by atoms with Crippen molar-refractivity contribution >= 4 is 0 Å². The lowest BCUT2D eigenvalue weighted by molar-refractivity contribution is 0.00897. The number of hydrogen-bond donors (Lipinski definition) is 1. The molecule has 2 N–H and O–H groups in total. The molecular weight excluding hydrogens is 228 g/mol. The summed E-state index contributed by atoms with van der Waals surface area (Å²) in [6.07, 6.45) is 6.38. The molecule has 2 rings (SSSR count). The van der Waals surface area contributed by atoms with Gasteiger partial charge in [-0.2, -0.15) is 0 Å². The molecule has 18 heavy (non-hydrogen) atoms. The van der Waals surface area contributed by atoms with Gasteiger partial charge in [0, 0.05) is 45.2 Å². The molecule has 0 amide bonds. The highest BCUT2D eigenvalue weighted by atomic mass is 16.5. The molecule has 0 bridgehead atoms. The number of nitrogens with two attached hydrogens (primary N) is 1. The van der Waals surface area contributed by atoms with Gasteiger partial charge in [0.25, 0.3) is 0 Å². The maximum absolute atomic E-state index is 5.89. The SMILES string of the molecule is CCn1ccnc1CN1CCC(OC)CC1CN. The lowest BCUT2D eigenvalue weighted by Gasteiger charge is -2.38. The summed E-state index contributed by atoms with van der Waals surface area (Å²) in [5, 5.41) is 0. The van der Waals surface area contributed by atoms with Crippen LogP contribution in [-0.4, -0.2) is 46.8 Å². The monoisotopic (exact) mass is 252 g/mol. The highest BCUT2D eigenvalue weighted by Crippen LogP contribution is 2.20. The Balaban J connectivity index is 2.00. The van der Waals surface area contributed by atoms with Gasteiger partial charge in [-0.05, 0) is 19.8 Å². The van der Waals surface area contributed by atoms with Gasteiger partial charge in [0.15, 0.2) is 0 Å². The van der Waals surface area contributed by atoms with Crippen LogP contribution in [0.15, 0.2) is 12.4 Å². The number of aromatic nitrogens is 2. The summed E-state index contributed by atoms with van der Waals surface area (Å²) >= 11 is 0. The van der Waals surface area contributed by atoms with E-state index in [0.717, 1.165) is 38.3 Å². The fraction of sp³-hybridized carbons (Fsp3) is 0.769. The van der Waals surface area contributed by atoms with Crippen LogP contribution in [0.5, 0.6) is 0 Å². The van der Waals surface area contributed by atoms with Gasteiger partial charge in [0.05, 0.1) is 12.6 Å². The van der Waals surface area contributed by atoms with Crippen LogP contribution in [0.4, 0.5) is 0 Å². The van der Waals surface area contributed by atoms with Crippen molar-refractivity contribution < 1.29 is 4.74 Å². The molecule has 1 aliphatic rings. The summed E-state index contributed by atoms with van der Waals surface area (Å²) in [6, 6.07) is 0.408. The zero-order valence-electron chi connectivity index (χ0n) is 11.4. The summed E-state index contributed by atoms with van der Waals surface area (Å²) in [4.78, 5) is 6.87. The van der Waals surface area contributed by atoms with Gasteiger partial charge in [-0.25, -0.2) is 4.98 Å². The standard InChI is InChI=1S/C13H24N4O/c1-3-16-7-5-15-13(16)10-17-6-4-12(18-2)8-11(17)9-14/h5,7,11-12H,3-4,6,8-10,14H2,1-2H3. The van der Waals surface area contributed by atoms with Gasteiger partial charge in [-0.3, -0.25) is 4.90 Å². The summed E-state index contributed by atoms with van der Waals surface area (Å²) in [5.41, 5.74) is 5.89. The van der Waals surface area contributed by atoms with E-state index in [-0.39, 0.29) is 0 Å². The van der Waals surface area contributed by atoms with Crippen molar-refractivity contribution in [1.29, 1.82) is 0 Å².